The monoisotopic (exact) mass is 476 g/mol. The Kier molecular flexibility index (Phi) is 18.4. The molecule has 0 fully saturated rings. The highest BCUT2D eigenvalue weighted by atomic mass is 16.7. The molecule has 0 saturated heterocycles. The fourth-order valence-electron chi connectivity index (χ4n) is 3.58. The van der Waals surface area contributed by atoms with E-state index in [2.05, 4.69) is 23.3 Å². The topological polar surface area (TPSA) is 134 Å². The van der Waals surface area contributed by atoms with Gasteiger partial charge in [0, 0.05) is 12.8 Å². The third-order valence-corrected chi connectivity index (χ3v) is 5.79. The maximum absolute atomic E-state index is 11.8. The summed E-state index contributed by atoms with van der Waals surface area (Å²) >= 11 is 0. The summed E-state index contributed by atoms with van der Waals surface area (Å²) in [5.41, 5.74) is 0. The Bertz CT molecular complexity index is 461. The van der Waals surface area contributed by atoms with Crippen LogP contribution in [0, 0.1) is 0 Å². The molecule has 0 aliphatic heterocycles. The lowest BCUT2D eigenvalue weighted by atomic mass is 10.0. The van der Waals surface area contributed by atoms with Crippen molar-refractivity contribution in [2.75, 3.05) is 6.79 Å². The molecule has 33 heavy (non-hydrogen) atoms. The number of rotatable bonds is 22. The minimum absolute atomic E-state index is 0.183. The average Bonchev–Trinajstić information content (AvgIpc) is 2.77. The number of carbonyl (C=O) groups is 2. The van der Waals surface area contributed by atoms with Crippen molar-refractivity contribution in [2.45, 2.75) is 141 Å². The molecule has 0 aromatic carbocycles. The van der Waals surface area contributed by atoms with Gasteiger partial charge in [0.1, 0.15) is 0 Å². The minimum Gasteiger partial charge on any atom is -0.424 e. The molecule has 0 aliphatic carbocycles. The van der Waals surface area contributed by atoms with Crippen LogP contribution in [0.1, 0.15) is 129 Å². The van der Waals surface area contributed by atoms with Crippen LogP contribution in [0.4, 0.5) is 0 Å². The molecule has 8 heteroatoms. The first kappa shape index (κ1) is 31.8. The molecule has 0 radical (unpaired) electrons. The molecule has 4 N–H and O–H groups in total. The van der Waals surface area contributed by atoms with Gasteiger partial charge in [-0.3, -0.25) is 0 Å². The molecule has 0 aliphatic rings. The zero-order chi connectivity index (χ0) is 25.0. The van der Waals surface area contributed by atoms with Crippen molar-refractivity contribution in [3.63, 3.8) is 0 Å². The molecule has 0 aromatic rings. The summed E-state index contributed by atoms with van der Waals surface area (Å²) in [6.45, 7) is 3.40. The van der Waals surface area contributed by atoms with E-state index in [1.165, 1.54) is 38.5 Å². The van der Waals surface area contributed by atoms with Gasteiger partial charge in [0.15, 0.2) is 0 Å². The Morgan fingerprint density at radius 3 is 1.09 bits per heavy atom. The van der Waals surface area contributed by atoms with Crippen LogP contribution in [-0.4, -0.2) is 50.7 Å². The largest absolute Gasteiger partial charge is 0.424 e. The van der Waals surface area contributed by atoms with Crippen molar-refractivity contribution < 1.29 is 39.5 Å². The van der Waals surface area contributed by atoms with Crippen molar-refractivity contribution in [3.05, 3.63) is 0 Å². The molecule has 0 spiro atoms. The van der Waals surface area contributed by atoms with Gasteiger partial charge in [-0.15, -0.1) is 0 Å². The van der Waals surface area contributed by atoms with E-state index in [1.807, 2.05) is 0 Å². The zero-order valence-electron chi connectivity index (χ0n) is 20.9. The smallest absolute Gasteiger partial charge is 0.369 e. The third kappa shape index (κ3) is 17.0. The van der Waals surface area contributed by atoms with E-state index in [9.17, 15) is 30.0 Å². The lowest BCUT2D eigenvalue weighted by molar-refractivity contribution is -0.233. The summed E-state index contributed by atoms with van der Waals surface area (Å²) in [5, 5.41) is 39.4. The molecule has 0 aromatic heterocycles. The van der Waals surface area contributed by atoms with E-state index in [4.69, 9.17) is 0 Å². The van der Waals surface area contributed by atoms with Crippen LogP contribution in [0.2, 0.25) is 0 Å². The van der Waals surface area contributed by atoms with E-state index in [0.717, 1.165) is 51.4 Å². The second kappa shape index (κ2) is 19.1. The number of carbonyl (C=O) groups excluding carboxylic acids is 2. The van der Waals surface area contributed by atoms with Crippen LogP contribution >= 0.6 is 0 Å². The van der Waals surface area contributed by atoms with Crippen LogP contribution in [0.5, 0.6) is 0 Å². The van der Waals surface area contributed by atoms with Gasteiger partial charge in [0.05, 0.1) is 0 Å². The summed E-state index contributed by atoms with van der Waals surface area (Å²) in [6.07, 6.45) is 15.7. The van der Waals surface area contributed by atoms with Crippen molar-refractivity contribution in [1.29, 1.82) is 0 Å². The third-order valence-electron chi connectivity index (χ3n) is 5.79. The fraction of sp³-hybridized carbons (Fsp3) is 0.920. The van der Waals surface area contributed by atoms with Crippen LogP contribution in [0.25, 0.3) is 0 Å². The van der Waals surface area contributed by atoms with Gasteiger partial charge in [-0.1, -0.05) is 104 Å². The Hall–Kier alpha value is -1.22. The number of aliphatic hydroxyl groups is 4. The van der Waals surface area contributed by atoms with E-state index < -0.39 is 30.3 Å². The molecule has 0 saturated carbocycles. The van der Waals surface area contributed by atoms with Gasteiger partial charge in [-0.25, -0.2) is 9.59 Å². The highest BCUT2D eigenvalue weighted by molar-refractivity contribution is 5.78. The maximum Gasteiger partial charge on any atom is 0.369 e. The van der Waals surface area contributed by atoms with Crippen molar-refractivity contribution in [2.24, 2.45) is 0 Å². The Morgan fingerprint density at radius 1 is 0.515 bits per heavy atom. The van der Waals surface area contributed by atoms with Crippen LogP contribution < -0.4 is 0 Å². The number of unbranched alkanes of at least 4 members (excludes halogenated alkanes) is 14. The normalized spacial score (nSPS) is 12.1. The first-order valence-corrected chi connectivity index (χ1v) is 12.9. The minimum atomic E-state index is -2.67. The second-order valence-corrected chi connectivity index (χ2v) is 9.06. The van der Waals surface area contributed by atoms with Gasteiger partial charge in [-0.05, 0) is 12.8 Å². The number of esters is 2. The standard InChI is InChI=1S/C25H48O8/c1-3-5-7-9-11-13-15-17-19-24(28,29)22(26)32-21-33-23(27)25(30,31)20-18-16-14-12-10-8-6-4-2/h28-31H,3-21H2,1-2H3. The molecule has 0 bridgehead atoms. The number of ether oxygens (including phenoxy) is 2. The predicted octanol–water partition coefficient (Wildman–Crippen LogP) is 4.45. The molecular formula is C25H48O8. The molecule has 0 amide bonds. The number of hydrogen-bond donors (Lipinski definition) is 4. The lowest BCUT2D eigenvalue weighted by Crippen LogP contribution is -2.42. The molecule has 0 atom stereocenters. The zero-order valence-corrected chi connectivity index (χ0v) is 20.9. The molecule has 0 rings (SSSR count). The summed E-state index contributed by atoms with van der Waals surface area (Å²) in [5.74, 6) is -7.99. The first-order chi connectivity index (χ1) is 15.7. The molecule has 0 unspecified atom stereocenters. The van der Waals surface area contributed by atoms with Crippen LogP contribution in [0.15, 0.2) is 0 Å². The average molecular weight is 477 g/mol. The Balaban J connectivity index is 3.96. The van der Waals surface area contributed by atoms with Gasteiger partial charge < -0.3 is 29.9 Å². The van der Waals surface area contributed by atoms with Crippen LogP contribution in [-0.2, 0) is 19.1 Å². The molecule has 8 nitrogen and oxygen atoms in total. The highest BCUT2D eigenvalue weighted by Gasteiger charge is 2.37. The Labute approximate surface area is 199 Å². The van der Waals surface area contributed by atoms with Crippen molar-refractivity contribution >= 4 is 11.9 Å². The van der Waals surface area contributed by atoms with Gasteiger partial charge in [0.25, 0.3) is 11.6 Å². The molecular weight excluding hydrogens is 428 g/mol. The quantitative estimate of drug-likeness (QED) is 0.102. The summed E-state index contributed by atoms with van der Waals surface area (Å²) in [7, 11) is 0. The number of hydrogen-bond acceptors (Lipinski definition) is 8. The van der Waals surface area contributed by atoms with E-state index >= 15 is 0 Å². The predicted molar refractivity (Wildman–Crippen MR) is 126 cm³/mol. The van der Waals surface area contributed by atoms with Crippen LogP contribution in [0.3, 0.4) is 0 Å². The van der Waals surface area contributed by atoms with Crippen molar-refractivity contribution in [3.8, 4) is 0 Å². The van der Waals surface area contributed by atoms with E-state index in [0.29, 0.717) is 12.8 Å². The van der Waals surface area contributed by atoms with Gasteiger partial charge in [0.2, 0.25) is 6.79 Å². The maximum atomic E-state index is 11.8. The molecule has 196 valence electrons. The summed E-state index contributed by atoms with van der Waals surface area (Å²) in [4.78, 5) is 23.7. The second-order valence-electron chi connectivity index (χ2n) is 9.06. The molecule has 0 heterocycles. The van der Waals surface area contributed by atoms with Gasteiger partial charge >= 0.3 is 11.9 Å². The van der Waals surface area contributed by atoms with Gasteiger partial charge in [-0.2, -0.15) is 0 Å². The van der Waals surface area contributed by atoms with Crippen molar-refractivity contribution in [1.82, 2.24) is 0 Å². The lowest BCUT2D eigenvalue weighted by Gasteiger charge is -2.21. The summed E-state index contributed by atoms with van der Waals surface area (Å²) in [6, 6.07) is 0. The highest BCUT2D eigenvalue weighted by Crippen LogP contribution is 2.18. The first-order valence-electron chi connectivity index (χ1n) is 12.9. The fourth-order valence-corrected chi connectivity index (χ4v) is 3.58. The van der Waals surface area contributed by atoms with E-state index in [-0.39, 0.29) is 12.8 Å². The summed E-state index contributed by atoms with van der Waals surface area (Å²) < 4.78 is 9.16. The Morgan fingerprint density at radius 2 is 0.788 bits per heavy atom. The van der Waals surface area contributed by atoms with E-state index in [1.54, 1.807) is 0 Å². The SMILES string of the molecule is CCCCCCCCCCC(O)(O)C(=O)OCOC(=O)C(O)(O)CCCCCCCCCC.